The molecule has 0 fully saturated rings. The van der Waals surface area contributed by atoms with Gasteiger partial charge in [-0.3, -0.25) is 14.4 Å². The van der Waals surface area contributed by atoms with Gasteiger partial charge in [0.1, 0.15) is 18.9 Å². The van der Waals surface area contributed by atoms with Gasteiger partial charge < -0.3 is 14.4 Å². The first-order valence-corrected chi connectivity index (χ1v) is 6.14. The van der Waals surface area contributed by atoms with Crippen LogP contribution in [0.1, 0.15) is 10.4 Å². The van der Waals surface area contributed by atoms with Crippen molar-refractivity contribution < 1.29 is 28.2 Å². The minimum Gasteiger partial charge on any atom is -0.468 e. The molecule has 1 aromatic rings. The molecule has 21 heavy (non-hydrogen) atoms. The molecule has 0 aliphatic heterocycles. The van der Waals surface area contributed by atoms with Crippen LogP contribution in [0.2, 0.25) is 5.02 Å². The molecule has 1 amide bonds. The van der Waals surface area contributed by atoms with Crippen molar-refractivity contribution in [1.29, 1.82) is 0 Å². The highest BCUT2D eigenvalue weighted by Crippen LogP contribution is 2.16. The van der Waals surface area contributed by atoms with E-state index in [9.17, 15) is 18.8 Å². The Kier molecular flexibility index (Phi) is 6.10. The molecule has 0 heterocycles. The first-order chi connectivity index (χ1) is 9.88. The van der Waals surface area contributed by atoms with Gasteiger partial charge in [-0.05, 0) is 18.2 Å². The van der Waals surface area contributed by atoms with Crippen LogP contribution in [0.4, 0.5) is 4.39 Å². The third-order valence-corrected chi connectivity index (χ3v) is 2.78. The Labute approximate surface area is 125 Å². The number of hydrogen-bond acceptors (Lipinski definition) is 5. The molecule has 0 spiro atoms. The van der Waals surface area contributed by atoms with Crippen molar-refractivity contribution in [1.82, 2.24) is 4.90 Å². The SMILES string of the molecule is COC(=O)CN(CC(=O)OC)C(=O)c1ccc(Cl)cc1F. The van der Waals surface area contributed by atoms with Gasteiger partial charge in [-0.2, -0.15) is 0 Å². The molecule has 0 aliphatic rings. The van der Waals surface area contributed by atoms with Gasteiger partial charge in [0.25, 0.3) is 5.91 Å². The van der Waals surface area contributed by atoms with Crippen molar-refractivity contribution in [3.63, 3.8) is 0 Å². The van der Waals surface area contributed by atoms with Crippen molar-refractivity contribution in [2.24, 2.45) is 0 Å². The Morgan fingerprint density at radius 2 is 1.67 bits per heavy atom. The van der Waals surface area contributed by atoms with Gasteiger partial charge in [-0.25, -0.2) is 4.39 Å². The minimum atomic E-state index is -0.854. The fraction of sp³-hybridized carbons (Fsp3) is 0.308. The molecule has 0 aliphatic carbocycles. The van der Waals surface area contributed by atoms with Crippen molar-refractivity contribution >= 4 is 29.4 Å². The molecule has 0 N–H and O–H groups in total. The van der Waals surface area contributed by atoms with Gasteiger partial charge in [-0.15, -0.1) is 0 Å². The maximum Gasteiger partial charge on any atom is 0.325 e. The Bertz CT molecular complexity index is 545. The number of rotatable bonds is 5. The van der Waals surface area contributed by atoms with Gasteiger partial charge >= 0.3 is 11.9 Å². The minimum absolute atomic E-state index is 0.122. The normalized spacial score (nSPS) is 9.90. The van der Waals surface area contributed by atoms with Crippen LogP contribution in [-0.4, -0.2) is 50.1 Å². The zero-order chi connectivity index (χ0) is 16.0. The van der Waals surface area contributed by atoms with E-state index in [2.05, 4.69) is 9.47 Å². The summed E-state index contributed by atoms with van der Waals surface area (Å²) in [6.45, 7) is -1.01. The maximum atomic E-state index is 13.7. The lowest BCUT2D eigenvalue weighted by atomic mass is 10.2. The largest absolute Gasteiger partial charge is 0.468 e. The molecule has 0 radical (unpaired) electrons. The van der Waals surface area contributed by atoms with Gasteiger partial charge in [0, 0.05) is 5.02 Å². The number of nitrogens with zero attached hydrogens (tertiary/aromatic N) is 1. The Balaban J connectivity index is 3.02. The number of halogens is 2. The molecule has 0 saturated heterocycles. The number of methoxy groups -OCH3 is 2. The second kappa shape index (κ2) is 7.58. The number of esters is 2. The Morgan fingerprint density at radius 3 is 2.10 bits per heavy atom. The summed E-state index contributed by atoms with van der Waals surface area (Å²) in [6.07, 6.45) is 0. The van der Waals surface area contributed by atoms with Crippen LogP contribution in [0.5, 0.6) is 0 Å². The second-order valence-corrected chi connectivity index (χ2v) is 4.37. The van der Waals surface area contributed by atoms with E-state index >= 15 is 0 Å². The third-order valence-electron chi connectivity index (χ3n) is 2.54. The number of benzene rings is 1. The summed E-state index contributed by atoms with van der Waals surface area (Å²) in [7, 11) is 2.26. The van der Waals surface area contributed by atoms with Crippen LogP contribution >= 0.6 is 11.6 Å². The first-order valence-electron chi connectivity index (χ1n) is 5.77. The molecular formula is C13H13ClFNO5. The highest BCUT2D eigenvalue weighted by atomic mass is 35.5. The lowest BCUT2D eigenvalue weighted by Gasteiger charge is -2.20. The van der Waals surface area contributed by atoms with E-state index in [-0.39, 0.29) is 10.6 Å². The van der Waals surface area contributed by atoms with Crippen LogP contribution in [0, 0.1) is 5.82 Å². The molecule has 0 unspecified atom stereocenters. The molecule has 1 aromatic carbocycles. The Morgan fingerprint density at radius 1 is 1.14 bits per heavy atom. The smallest absolute Gasteiger partial charge is 0.325 e. The summed E-state index contributed by atoms with van der Waals surface area (Å²) >= 11 is 5.60. The summed E-state index contributed by atoms with van der Waals surface area (Å²) < 4.78 is 22.6. The maximum absolute atomic E-state index is 13.7. The molecule has 114 valence electrons. The van der Waals surface area contributed by atoms with Crippen LogP contribution in [0.3, 0.4) is 0 Å². The molecule has 8 heteroatoms. The van der Waals surface area contributed by atoms with Crippen molar-refractivity contribution in [2.45, 2.75) is 0 Å². The molecule has 0 aromatic heterocycles. The fourth-order valence-electron chi connectivity index (χ4n) is 1.47. The van der Waals surface area contributed by atoms with E-state index in [1.54, 1.807) is 0 Å². The predicted molar refractivity (Wildman–Crippen MR) is 71.3 cm³/mol. The van der Waals surface area contributed by atoms with E-state index in [0.29, 0.717) is 0 Å². The van der Waals surface area contributed by atoms with E-state index in [4.69, 9.17) is 11.6 Å². The summed E-state index contributed by atoms with van der Waals surface area (Å²) in [6, 6.07) is 3.46. The van der Waals surface area contributed by atoms with Gasteiger partial charge in [-0.1, -0.05) is 11.6 Å². The average Bonchev–Trinajstić information content (AvgIpc) is 2.45. The number of hydrogen-bond donors (Lipinski definition) is 0. The Hall–Kier alpha value is -2.15. The van der Waals surface area contributed by atoms with Crippen LogP contribution < -0.4 is 0 Å². The van der Waals surface area contributed by atoms with E-state index < -0.39 is 36.8 Å². The highest BCUT2D eigenvalue weighted by Gasteiger charge is 2.24. The standard InChI is InChI=1S/C13H13ClFNO5/c1-20-11(17)6-16(7-12(18)21-2)13(19)9-4-3-8(14)5-10(9)15/h3-5H,6-7H2,1-2H3. The molecule has 0 bridgehead atoms. The quantitative estimate of drug-likeness (QED) is 0.765. The molecule has 1 rings (SSSR count). The van der Waals surface area contributed by atoms with Crippen molar-refractivity contribution in [2.75, 3.05) is 27.3 Å². The van der Waals surface area contributed by atoms with Gasteiger partial charge in [0.05, 0.1) is 19.8 Å². The van der Waals surface area contributed by atoms with E-state index in [1.807, 2.05) is 0 Å². The van der Waals surface area contributed by atoms with E-state index in [1.165, 1.54) is 12.1 Å². The zero-order valence-corrected chi connectivity index (χ0v) is 12.1. The number of ether oxygens (including phenoxy) is 2. The van der Waals surface area contributed by atoms with E-state index in [0.717, 1.165) is 25.2 Å². The molecule has 0 saturated carbocycles. The first kappa shape index (κ1) is 16.9. The predicted octanol–water partition coefficient (Wildman–Crippen LogP) is 1.27. The number of carbonyl (C=O) groups excluding carboxylic acids is 3. The fourth-order valence-corrected chi connectivity index (χ4v) is 1.63. The van der Waals surface area contributed by atoms with Gasteiger partial charge in [0.2, 0.25) is 0 Å². The monoisotopic (exact) mass is 317 g/mol. The number of carbonyl (C=O) groups is 3. The molecular weight excluding hydrogens is 305 g/mol. The van der Waals surface area contributed by atoms with Crippen molar-refractivity contribution in [3.05, 3.63) is 34.6 Å². The van der Waals surface area contributed by atoms with Crippen LogP contribution in [0.25, 0.3) is 0 Å². The topological polar surface area (TPSA) is 72.9 Å². The summed E-state index contributed by atoms with van der Waals surface area (Å²) in [5, 5.41) is 0.122. The third kappa shape index (κ3) is 4.71. The van der Waals surface area contributed by atoms with Crippen LogP contribution in [0.15, 0.2) is 18.2 Å². The summed E-state index contributed by atoms with van der Waals surface area (Å²) in [5.41, 5.74) is -0.313. The highest BCUT2D eigenvalue weighted by molar-refractivity contribution is 6.30. The average molecular weight is 318 g/mol. The van der Waals surface area contributed by atoms with Gasteiger partial charge in [0.15, 0.2) is 0 Å². The number of amides is 1. The lowest BCUT2D eigenvalue weighted by molar-refractivity contribution is -0.144. The zero-order valence-electron chi connectivity index (χ0n) is 11.4. The summed E-state index contributed by atoms with van der Waals surface area (Å²) in [5.74, 6) is -3.20. The molecule has 0 atom stereocenters. The molecule has 6 nitrogen and oxygen atoms in total. The van der Waals surface area contributed by atoms with Crippen molar-refractivity contribution in [3.8, 4) is 0 Å². The second-order valence-electron chi connectivity index (χ2n) is 3.94. The lowest BCUT2D eigenvalue weighted by Crippen LogP contribution is -2.40. The van der Waals surface area contributed by atoms with Crippen LogP contribution in [-0.2, 0) is 19.1 Å². The summed E-state index contributed by atoms with van der Waals surface area (Å²) in [4.78, 5) is 35.6.